The molecule has 1 heterocycles. The van der Waals surface area contributed by atoms with Gasteiger partial charge in [0.05, 0.1) is 0 Å². The van der Waals surface area contributed by atoms with Gasteiger partial charge in [-0.2, -0.15) is 0 Å². The molecular formula is C25H30N2O3. The smallest absolute Gasteiger partial charge is 0.317 e. The monoisotopic (exact) mass is 406 g/mol. The van der Waals surface area contributed by atoms with Crippen LogP contribution in [-0.2, 0) is 5.41 Å². The number of phenolic OH excluding ortho intramolecular Hbond substituents is 1. The Labute approximate surface area is 178 Å². The lowest BCUT2D eigenvalue weighted by Crippen LogP contribution is -2.48. The Morgan fingerprint density at radius 3 is 2.23 bits per heavy atom. The van der Waals surface area contributed by atoms with Crippen LogP contribution in [0.3, 0.4) is 0 Å². The first-order valence-corrected chi connectivity index (χ1v) is 11.0. The highest BCUT2D eigenvalue weighted by Crippen LogP contribution is 2.40. The van der Waals surface area contributed by atoms with Gasteiger partial charge in [0, 0.05) is 36.5 Å². The SMILES string of the molecule is O=C(c1ccc(O)cc1)C1CCN(C(=O)NCC2(c3ccccc3)CCCC2)CC1. The molecule has 0 atom stereocenters. The van der Waals surface area contributed by atoms with E-state index in [1.54, 1.807) is 24.3 Å². The first kappa shape index (κ1) is 20.5. The number of nitrogens with zero attached hydrogens (tertiary/aromatic N) is 1. The van der Waals surface area contributed by atoms with Crippen LogP contribution in [0.15, 0.2) is 54.6 Å². The molecule has 1 saturated heterocycles. The maximum atomic E-state index is 12.8. The number of hydrogen-bond acceptors (Lipinski definition) is 3. The minimum atomic E-state index is -0.0657. The van der Waals surface area contributed by atoms with E-state index in [2.05, 4.69) is 29.6 Å². The summed E-state index contributed by atoms with van der Waals surface area (Å²) in [5.41, 5.74) is 1.99. The van der Waals surface area contributed by atoms with E-state index in [0.717, 1.165) is 12.8 Å². The molecule has 2 N–H and O–H groups in total. The molecule has 2 aromatic rings. The summed E-state index contributed by atoms with van der Waals surface area (Å²) in [6.45, 7) is 1.86. The largest absolute Gasteiger partial charge is 0.508 e. The Hall–Kier alpha value is -2.82. The number of phenols is 1. The van der Waals surface area contributed by atoms with Crippen LogP contribution in [0.5, 0.6) is 5.75 Å². The Morgan fingerprint density at radius 2 is 1.60 bits per heavy atom. The Bertz CT molecular complexity index is 865. The van der Waals surface area contributed by atoms with E-state index in [9.17, 15) is 14.7 Å². The van der Waals surface area contributed by atoms with Crippen LogP contribution in [0.25, 0.3) is 0 Å². The number of carbonyl (C=O) groups is 2. The molecular weight excluding hydrogens is 376 g/mol. The van der Waals surface area contributed by atoms with Gasteiger partial charge in [-0.1, -0.05) is 43.2 Å². The number of piperidine rings is 1. The number of amides is 2. The van der Waals surface area contributed by atoms with Crippen molar-refractivity contribution in [3.63, 3.8) is 0 Å². The van der Waals surface area contributed by atoms with Gasteiger partial charge in [-0.3, -0.25) is 4.79 Å². The molecule has 5 heteroatoms. The number of hydrogen-bond donors (Lipinski definition) is 2. The third kappa shape index (κ3) is 4.35. The van der Waals surface area contributed by atoms with Crippen molar-refractivity contribution >= 4 is 11.8 Å². The number of benzene rings is 2. The van der Waals surface area contributed by atoms with Gasteiger partial charge in [-0.05, 0) is 55.5 Å². The molecule has 5 nitrogen and oxygen atoms in total. The summed E-state index contributed by atoms with van der Waals surface area (Å²) in [6, 6.07) is 16.9. The molecule has 2 fully saturated rings. The van der Waals surface area contributed by atoms with Crippen LogP contribution in [0, 0.1) is 5.92 Å². The number of carbonyl (C=O) groups excluding carboxylic acids is 2. The number of rotatable bonds is 5. The summed E-state index contributed by atoms with van der Waals surface area (Å²) in [7, 11) is 0. The summed E-state index contributed by atoms with van der Waals surface area (Å²) in [6.07, 6.45) is 5.99. The fourth-order valence-electron chi connectivity index (χ4n) is 4.97. The van der Waals surface area contributed by atoms with Gasteiger partial charge in [0.1, 0.15) is 5.75 Å². The molecule has 30 heavy (non-hydrogen) atoms. The lowest BCUT2D eigenvalue weighted by atomic mass is 9.79. The van der Waals surface area contributed by atoms with E-state index in [4.69, 9.17) is 0 Å². The lowest BCUT2D eigenvalue weighted by Gasteiger charge is -2.34. The molecule has 1 aliphatic carbocycles. The van der Waals surface area contributed by atoms with E-state index in [1.165, 1.54) is 18.4 Å². The van der Waals surface area contributed by atoms with Gasteiger partial charge in [0.2, 0.25) is 0 Å². The second-order valence-corrected chi connectivity index (χ2v) is 8.68. The Balaban J connectivity index is 1.31. The molecule has 4 rings (SSSR count). The van der Waals surface area contributed by atoms with Crippen molar-refractivity contribution in [1.29, 1.82) is 0 Å². The maximum absolute atomic E-state index is 12.8. The van der Waals surface area contributed by atoms with E-state index in [0.29, 0.717) is 38.0 Å². The number of ketones is 1. The van der Waals surface area contributed by atoms with Crippen LogP contribution < -0.4 is 5.32 Å². The maximum Gasteiger partial charge on any atom is 0.317 e. The van der Waals surface area contributed by atoms with Crippen LogP contribution in [-0.4, -0.2) is 41.5 Å². The van der Waals surface area contributed by atoms with Crippen molar-refractivity contribution < 1.29 is 14.7 Å². The third-order valence-corrected chi connectivity index (χ3v) is 6.83. The first-order chi connectivity index (χ1) is 14.6. The quantitative estimate of drug-likeness (QED) is 0.718. The molecule has 158 valence electrons. The second kappa shape index (κ2) is 8.90. The van der Waals surface area contributed by atoms with Crippen LogP contribution in [0.4, 0.5) is 4.79 Å². The fraction of sp³-hybridized carbons (Fsp3) is 0.440. The molecule has 1 aliphatic heterocycles. The molecule has 1 saturated carbocycles. The molecule has 0 radical (unpaired) electrons. The van der Waals surface area contributed by atoms with Crippen LogP contribution in [0.1, 0.15) is 54.4 Å². The summed E-state index contributed by atoms with van der Waals surface area (Å²) in [5.74, 6) is 0.196. The molecule has 2 aliphatic rings. The van der Waals surface area contributed by atoms with Crippen molar-refractivity contribution in [2.24, 2.45) is 5.92 Å². The van der Waals surface area contributed by atoms with Gasteiger partial charge in [0.15, 0.2) is 5.78 Å². The summed E-state index contributed by atoms with van der Waals surface area (Å²) < 4.78 is 0. The zero-order valence-corrected chi connectivity index (χ0v) is 17.3. The summed E-state index contributed by atoms with van der Waals surface area (Å²) >= 11 is 0. The number of urea groups is 1. The predicted molar refractivity (Wildman–Crippen MR) is 117 cm³/mol. The number of Topliss-reactive ketones (excluding diaryl/α,β-unsaturated/α-hetero) is 1. The van der Waals surface area contributed by atoms with Gasteiger partial charge < -0.3 is 15.3 Å². The highest BCUT2D eigenvalue weighted by Gasteiger charge is 2.36. The van der Waals surface area contributed by atoms with E-state index < -0.39 is 0 Å². The zero-order valence-electron chi connectivity index (χ0n) is 17.3. The van der Waals surface area contributed by atoms with E-state index in [1.807, 2.05) is 11.0 Å². The first-order valence-electron chi connectivity index (χ1n) is 11.0. The molecule has 2 amide bonds. The highest BCUT2D eigenvalue weighted by atomic mass is 16.3. The topological polar surface area (TPSA) is 69.6 Å². The molecule has 0 unspecified atom stereocenters. The number of aromatic hydroxyl groups is 1. The fourth-order valence-corrected chi connectivity index (χ4v) is 4.97. The lowest BCUT2D eigenvalue weighted by molar-refractivity contribution is 0.0854. The standard InChI is InChI=1S/C25H30N2O3/c28-22-10-8-19(9-11-22)23(29)20-12-16-27(17-13-20)24(30)26-18-25(14-4-5-15-25)21-6-2-1-3-7-21/h1-3,6-11,20,28H,4-5,12-18H2,(H,26,30). The van der Waals surface area contributed by atoms with Gasteiger partial charge in [0.25, 0.3) is 0 Å². The van der Waals surface area contributed by atoms with E-state index >= 15 is 0 Å². The average molecular weight is 407 g/mol. The highest BCUT2D eigenvalue weighted by molar-refractivity contribution is 5.98. The molecule has 0 bridgehead atoms. The number of nitrogens with one attached hydrogen (secondary N) is 1. The number of likely N-dealkylation sites (tertiary alicyclic amines) is 1. The van der Waals surface area contributed by atoms with Crippen molar-refractivity contribution in [3.05, 3.63) is 65.7 Å². The third-order valence-electron chi connectivity index (χ3n) is 6.83. The Morgan fingerprint density at radius 1 is 0.967 bits per heavy atom. The minimum absolute atomic E-state index is 0.0206. The molecule has 0 spiro atoms. The normalized spacial score (nSPS) is 18.9. The van der Waals surface area contributed by atoms with E-state index in [-0.39, 0.29) is 28.9 Å². The van der Waals surface area contributed by atoms with Gasteiger partial charge >= 0.3 is 6.03 Å². The van der Waals surface area contributed by atoms with Crippen LogP contribution in [0.2, 0.25) is 0 Å². The van der Waals surface area contributed by atoms with Gasteiger partial charge in [-0.15, -0.1) is 0 Å². The van der Waals surface area contributed by atoms with Crippen LogP contribution >= 0.6 is 0 Å². The molecule has 0 aromatic heterocycles. The van der Waals surface area contributed by atoms with Gasteiger partial charge in [-0.25, -0.2) is 4.79 Å². The minimum Gasteiger partial charge on any atom is -0.508 e. The zero-order chi connectivity index (χ0) is 21.0. The van der Waals surface area contributed by atoms with Crippen molar-refractivity contribution in [2.45, 2.75) is 43.9 Å². The van der Waals surface area contributed by atoms with Crippen molar-refractivity contribution in [2.75, 3.05) is 19.6 Å². The Kier molecular flexibility index (Phi) is 6.07. The summed E-state index contributed by atoms with van der Waals surface area (Å²) in [5, 5.41) is 12.6. The summed E-state index contributed by atoms with van der Waals surface area (Å²) in [4.78, 5) is 27.3. The van der Waals surface area contributed by atoms with Crippen molar-refractivity contribution in [3.8, 4) is 5.75 Å². The molecule has 2 aromatic carbocycles. The predicted octanol–water partition coefficient (Wildman–Crippen LogP) is 4.51. The second-order valence-electron chi connectivity index (χ2n) is 8.68. The average Bonchev–Trinajstić information content (AvgIpc) is 3.28. The van der Waals surface area contributed by atoms with Crippen molar-refractivity contribution in [1.82, 2.24) is 10.2 Å².